The highest BCUT2D eigenvalue weighted by molar-refractivity contribution is 5.53. The smallest absolute Gasteiger partial charge is 0.293 e. The molecule has 32 heavy (non-hydrogen) atoms. The van der Waals surface area contributed by atoms with Crippen LogP contribution in [0.5, 0.6) is 5.75 Å². The maximum Gasteiger partial charge on any atom is 0.293 e. The predicted octanol–water partition coefficient (Wildman–Crippen LogP) is 7.21. The van der Waals surface area contributed by atoms with E-state index >= 15 is 0 Å². The van der Waals surface area contributed by atoms with E-state index in [9.17, 15) is 26.7 Å². The van der Waals surface area contributed by atoms with Gasteiger partial charge in [0.05, 0.1) is 6.61 Å². The van der Waals surface area contributed by atoms with Gasteiger partial charge in [0.2, 0.25) is 0 Å². The number of halogens is 5. The number of carbonyl (C=O) groups excluding carboxylic acids is 1. The van der Waals surface area contributed by atoms with Crippen molar-refractivity contribution in [2.45, 2.75) is 46.1 Å². The number of hydrogen-bond donors (Lipinski definition) is 0. The summed E-state index contributed by atoms with van der Waals surface area (Å²) in [5, 5.41) is 0. The van der Waals surface area contributed by atoms with Crippen LogP contribution in [0.25, 0.3) is 0 Å². The summed E-state index contributed by atoms with van der Waals surface area (Å²) in [5.41, 5.74) is 4.21. The Morgan fingerprint density at radius 3 is 2.34 bits per heavy atom. The molecule has 0 unspecified atom stereocenters. The Labute approximate surface area is 183 Å². The summed E-state index contributed by atoms with van der Waals surface area (Å²) in [6, 6.07) is 1.73. The van der Waals surface area contributed by atoms with Crippen LogP contribution < -0.4 is 4.74 Å². The van der Waals surface area contributed by atoms with Crippen molar-refractivity contribution in [3.63, 3.8) is 0 Å². The molecule has 0 amide bonds. The molecule has 8 heteroatoms. The van der Waals surface area contributed by atoms with Gasteiger partial charge in [-0.3, -0.25) is 4.79 Å². The lowest BCUT2D eigenvalue weighted by atomic mass is 9.75. The largest absolute Gasteiger partial charge is 0.493 e. The number of fused-ring (bicyclic) bond motifs is 1. The van der Waals surface area contributed by atoms with Gasteiger partial charge in [0.25, 0.3) is 6.47 Å². The molecule has 1 aromatic carbocycles. The van der Waals surface area contributed by atoms with E-state index in [-0.39, 0.29) is 5.92 Å². The molecular formula is C24H25F5O3. The van der Waals surface area contributed by atoms with Crippen molar-refractivity contribution in [3.8, 4) is 5.75 Å². The highest BCUT2D eigenvalue weighted by Crippen LogP contribution is 2.45. The molecule has 2 rings (SSSR count). The van der Waals surface area contributed by atoms with Gasteiger partial charge < -0.3 is 9.47 Å². The molecule has 0 radical (unpaired) electrons. The summed E-state index contributed by atoms with van der Waals surface area (Å²) in [5.74, 6) is -9.84. The van der Waals surface area contributed by atoms with E-state index in [0.717, 1.165) is 35.1 Å². The van der Waals surface area contributed by atoms with E-state index in [1.807, 2.05) is 13.8 Å². The van der Waals surface area contributed by atoms with E-state index in [2.05, 4.69) is 13.2 Å². The molecule has 0 aromatic heterocycles. The third-order valence-corrected chi connectivity index (χ3v) is 5.55. The molecule has 1 aliphatic rings. The molecule has 0 bridgehead atoms. The highest BCUT2D eigenvalue weighted by atomic mass is 19.2. The minimum Gasteiger partial charge on any atom is -0.493 e. The Hall–Kier alpha value is -2.90. The van der Waals surface area contributed by atoms with Crippen molar-refractivity contribution in [1.29, 1.82) is 0 Å². The van der Waals surface area contributed by atoms with Gasteiger partial charge in [0, 0.05) is 17.9 Å². The maximum absolute atomic E-state index is 13.9. The summed E-state index contributed by atoms with van der Waals surface area (Å²) in [6.07, 6.45) is 0.236. The number of benzene rings is 1. The van der Waals surface area contributed by atoms with Crippen LogP contribution in [0.4, 0.5) is 22.0 Å². The van der Waals surface area contributed by atoms with Gasteiger partial charge in [-0.1, -0.05) is 18.7 Å². The minimum absolute atomic E-state index is 0.0783. The molecule has 0 heterocycles. The molecular weight excluding hydrogens is 431 g/mol. The normalized spacial score (nSPS) is 19.4. The second kappa shape index (κ2) is 10.6. The van der Waals surface area contributed by atoms with Crippen LogP contribution in [-0.4, -0.2) is 13.1 Å². The van der Waals surface area contributed by atoms with Crippen LogP contribution >= 0.6 is 0 Å². The summed E-state index contributed by atoms with van der Waals surface area (Å²) in [7, 11) is 0. The Morgan fingerprint density at radius 2 is 1.78 bits per heavy atom. The second-order valence-corrected chi connectivity index (χ2v) is 7.70. The molecule has 0 N–H and O–H groups in total. The molecule has 3 nitrogen and oxygen atoms in total. The quantitative estimate of drug-likeness (QED) is 0.170. The third-order valence-electron chi connectivity index (χ3n) is 5.55. The van der Waals surface area contributed by atoms with E-state index in [1.54, 1.807) is 13.0 Å². The minimum atomic E-state index is -2.30. The average molecular weight is 456 g/mol. The summed E-state index contributed by atoms with van der Waals surface area (Å²) >= 11 is 0. The average Bonchev–Trinajstić information content (AvgIpc) is 2.74. The molecule has 0 saturated carbocycles. The van der Waals surface area contributed by atoms with Gasteiger partial charge in [0.15, 0.2) is 23.3 Å². The topological polar surface area (TPSA) is 35.5 Å². The second-order valence-electron chi connectivity index (χ2n) is 7.70. The van der Waals surface area contributed by atoms with Gasteiger partial charge in [-0.15, -0.1) is 0 Å². The van der Waals surface area contributed by atoms with Crippen molar-refractivity contribution < 1.29 is 36.2 Å². The summed E-state index contributed by atoms with van der Waals surface area (Å²) in [6.45, 7) is 11.9. The number of hydrogen-bond acceptors (Lipinski definition) is 3. The lowest BCUT2D eigenvalue weighted by molar-refractivity contribution is -0.136. The molecule has 0 spiro atoms. The lowest BCUT2D eigenvalue weighted by Crippen LogP contribution is -2.25. The Bertz CT molecular complexity index is 994. The fourth-order valence-corrected chi connectivity index (χ4v) is 3.91. The van der Waals surface area contributed by atoms with Gasteiger partial charge in [-0.25, -0.2) is 22.0 Å². The SMILES string of the molecule is C=C(F)/C(F)=C(F)\C(F)=C(\F)CCOc1cc(C)c2c(c1C)[C@H](OC=O)[C@H](C(=C)C)CC2. The molecule has 0 aliphatic heterocycles. The van der Waals surface area contributed by atoms with E-state index < -0.39 is 48.3 Å². The first-order valence-electron chi connectivity index (χ1n) is 9.96. The number of aryl methyl sites for hydroxylation is 1. The Morgan fingerprint density at radius 1 is 1.12 bits per heavy atom. The molecule has 1 aromatic rings. The van der Waals surface area contributed by atoms with Crippen LogP contribution in [0.15, 0.2) is 53.9 Å². The van der Waals surface area contributed by atoms with Crippen molar-refractivity contribution in [2.75, 3.05) is 6.61 Å². The van der Waals surface area contributed by atoms with E-state index in [0.29, 0.717) is 17.8 Å². The number of allylic oxidation sites excluding steroid dienone is 4. The zero-order valence-electron chi connectivity index (χ0n) is 18.2. The van der Waals surface area contributed by atoms with Crippen molar-refractivity contribution >= 4 is 6.47 Å². The predicted molar refractivity (Wildman–Crippen MR) is 111 cm³/mol. The number of carbonyl (C=O) groups is 1. The van der Waals surface area contributed by atoms with Gasteiger partial charge in [-0.2, -0.15) is 0 Å². The fourth-order valence-electron chi connectivity index (χ4n) is 3.91. The standard InChI is InChI=1S/C24H25F5O3/c1-12(2)16-6-7-17-13(3)10-19(14(4)20(17)24(16)32-11-30)31-9-8-18(26)22(28)23(29)21(27)15(5)25/h10-11,16,24H,1,5-9H2,2-4H3/b22-18-,23-21-/t16-,24+/m0/s1. The first-order chi connectivity index (χ1) is 15.0. The molecule has 2 atom stereocenters. The Kier molecular flexibility index (Phi) is 8.41. The van der Waals surface area contributed by atoms with Gasteiger partial charge in [0.1, 0.15) is 17.7 Å². The van der Waals surface area contributed by atoms with Gasteiger partial charge in [-0.05, 0) is 56.4 Å². The zero-order chi connectivity index (χ0) is 24.2. The molecule has 0 fully saturated rings. The third kappa shape index (κ3) is 5.29. The monoisotopic (exact) mass is 456 g/mol. The molecule has 174 valence electrons. The van der Waals surface area contributed by atoms with Gasteiger partial charge >= 0.3 is 0 Å². The zero-order valence-corrected chi connectivity index (χ0v) is 18.2. The van der Waals surface area contributed by atoms with Crippen LogP contribution in [-0.2, 0) is 16.0 Å². The molecule has 0 saturated heterocycles. The number of rotatable bonds is 9. The first-order valence-corrected chi connectivity index (χ1v) is 9.96. The first kappa shape index (κ1) is 25.4. The van der Waals surface area contributed by atoms with E-state index in [4.69, 9.17) is 9.47 Å². The summed E-state index contributed by atoms with van der Waals surface area (Å²) in [4.78, 5) is 11.1. The van der Waals surface area contributed by atoms with E-state index in [1.165, 1.54) is 0 Å². The summed E-state index contributed by atoms with van der Waals surface area (Å²) < 4.78 is 77.6. The highest BCUT2D eigenvalue weighted by Gasteiger charge is 2.34. The van der Waals surface area contributed by atoms with Crippen LogP contribution in [0.1, 0.15) is 48.1 Å². The van der Waals surface area contributed by atoms with Crippen molar-refractivity contribution in [3.05, 3.63) is 76.2 Å². The molecule has 1 aliphatic carbocycles. The van der Waals surface area contributed by atoms with Crippen LogP contribution in [0.3, 0.4) is 0 Å². The maximum atomic E-state index is 13.9. The fraction of sp³-hybridized carbons (Fsp3) is 0.375. The van der Waals surface area contributed by atoms with Crippen LogP contribution in [0.2, 0.25) is 0 Å². The lowest BCUT2D eigenvalue weighted by Gasteiger charge is -2.35. The van der Waals surface area contributed by atoms with Crippen molar-refractivity contribution in [2.24, 2.45) is 5.92 Å². The number of ether oxygens (including phenoxy) is 2. The van der Waals surface area contributed by atoms with Crippen LogP contribution in [0, 0.1) is 19.8 Å². The van der Waals surface area contributed by atoms with Crippen molar-refractivity contribution in [1.82, 2.24) is 0 Å². The Balaban J connectivity index is 2.30.